The smallest absolute Gasteiger partial charge is 0.161 e. The van der Waals surface area contributed by atoms with Crippen molar-refractivity contribution >= 4 is 28.4 Å². The van der Waals surface area contributed by atoms with E-state index in [4.69, 9.17) is 0 Å². The second kappa shape index (κ2) is 4.76. The minimum Gasteiger partial charge on any atom is -0.335 e. The summed E-state index contributed by atoms with van der Waals surface area (Å²) in [7, 11) is 0. The van der Waals surface area contributed by atoms with Gasteiger partial charge in [-0.15, -0.1) is 0 Å². The third-order valence-electron chi connectivity index (χ3n) is 3.37. The average molecular weight is 260 g/mol. The number of rotatable bonds is 3. The van der Waals surface area contributed by atoms with Crippen molar-refractivity contribution in [2.24, 2.45) is 10.9 Å². The summed E-state index contributed by atoms with van der Waals surface area (Å²) in [6.45, 7) is 2.53. The normalized spacial score (nSPS) is 22.7. The Morgan fingerprint density at radius 2 is 2.06 bits per heavy atom. The van der Waals surface area contributed by atoms with Crippen LogP contribution < -0.4 is 5.32 Å². The summed E-state index contributed by atoms with van der Waals surface area (Å²) in [5.74, 6) is 0.987. The molecule has 0 aromatic heterocycles. The monoisotopic (exact) mass is 260 g/mol. The SMILES string of the molecule is CC(=O)c1ccc(NC2=NCC(C3CC3)S2)cc1. The highest BCUT2D eigenvalue weighted by atomic mass is 32.2. The predicted octanol–water partition coefficient (Wildman–Crippen LogP) is 3.18. The fourth-order valence-corrected chi connectivity index (χ4v) is 3.31. The molecule has 0 saturated heterocycles. The molecule has 1 atom stereocenters. The minimum absolute atomic E-state index is 0.0999. The molecule has 1 N–H and O–H groups in total. The Kier molecular flexibility index (Phi) is 3.12. The average Bonchev–Trinajstić information content (AvgIpc) is 3.11. The van der Waals surface area contributed by atoms with Gasteiger partial charge in [-0.2, -0.15) is 0 Å². The molecule has 94 valence electrons. The molecule has 18 heavy (non-hydrogen) atoms. The largest absolute Gasteiger partial charge is 0.335 e. The molecule has 3 nitrogen and oxygen atoms in total. The Bertz CT molecular complexity index is 491. The first kappa shape index (κ1) is 11.8. The minimum atomic E-state index is 0.0999. The van der Waals surface area contributed by atoms with E-state index >= 15 is 0 Å². The molecule has 1 aliphatic heterocycles. The molecule has 3 rings (SSSR count). The molecule has 1 heterocycles. The van der Waals surface area contributed by atoms with Gasteiger partial charge in [0.1, 0.15) is 0 Å². The first-order valence-electron chi connectivity index (χ1n) is 6.31. The van der Waals surface area contributed by atoms with Gasteiger partial charge in [-0.05, 0) is 49.9 Å². The van der Waals surface area contributed by atoms with Crippen LogP contribution in [0.2, 0.25) is 0 Å². The van der Waals surface area contributed by atoms with E-state index in [0.717, 1.165) is 28.9 Å². The van der Waals surface area contributed by atoms with Gasteiger partial charge in [0.05, 0.1) is 6.54 Å². The number of benzene rings is 1. The molecule has 1 aliphatic carbocycles. The number of carbonyl (C=O) groups excluding carboxylic acids is 1. The van der Waals surface area contributed by atoms with E-state index in [1.165, 1.54) is 12.8 Å². The van der Waals surface area contributed by atoms with Crippen LogP contribution in [0.4, 0.5) is 5.69 Å². The van der Waals surface area contributed by atoms with Crippen LogP contribution >= 0.6 is 11.8 Å². The quantitative estimate of drug-likeness (QED) is 0.849. The molecule has 0 bridgehead atoms. The Hall–Kier alpha value is -1.29. The zero-order chi connectivity index (χ0) is 12.5. The number of Topliss-reactive ketones (excluding diaryl/α,β-unsaturated/α-hetero) is 1. The number of anilines is 1. The molecular formula is C14H16N2OS. The summed E-state index contributed by atoms with van der Waals surface area (Å²) in [5, 5.41) is 5.02. The topological polar surface area (TPSA) is 41.5 Å². The summed E-state index contributed by atoms with van der Waals surface area (Å²) in [6.07, 6.45) is 2.74. The molecule has 1 aromatic carbocycles. The van der Waals surface area contributed by atoms with Gasteiger partial charge in [0.15, 0.2) is 11.0 Å². The number of ketones is 1. The van der Waals surface area contributed by atoms with Crippen molar-refractivity contribution in [2.75, 3.05) is 11.9 Å². The number of aliphatic imine (C=N–C) groups is 1. The second-order valence-electron chi connectivity index (χ2n) is 4.90. The van der Waals surface area contributed by atoms with Crippen molar-refractivity contribution in [3.05, 3.63) is 29.8 Å². The lowest BCUT2D eigenvalue weighted by molar-refractivity contribution is 0.101. The Morgan fingerprint density at radius 1 is 1.33 bits per heavy atom. The fourth-order valence-electron chi connectivity index (χ4n) is 2.08. The zero-order valence-corrected chi connectivity index (χ0v) is 11.2. The molecule has 2 aliphatic rings. The molecule has 0 amide bonds. The summed E-state index contributed by atoms with van der Waals surface area (Å²) >= 11 is 1.86. The van der Waals surface area contributed by atoms with Crippen molar-refractivity contribution in [3.63, 3.8) is 0 Å². The molecule has 1 saturated carbocycles. The Balaban J connectivity index is 1.61. The van der Waals surface area contributed by atoms with Gasteiger partial charge >= 0.3 is 0 Å². The predicted molar refractivity (Wildman–Crippen MR) is 76.5 cm³/mol. The maximum absolute atomic E-state index is 11.2. The first-order chi connectivity index (χ1) is 8.72. The lowest BCUT2D eigenvalue weighted by Crippen LogP contribution is -2.09. The number of carbonyl (C=O) groups is 1. The highest BCUT2D eigenvalue weighted by Gasteiger charge is 2.35. The Labute approximate surface area is 111 Å². The van der Waals surface area contributed by atoms with Crippen molar-refractivity contribution in [1.29, 1.82) is 0 Å². The number of nitrogens with one attached hydrogen (secondary N) is 1. The van der Waals surface area contributed by atoms with Crippen molar-refractivity contribution in [1.82, 2.24) is 0 Å². The first-order valence-corrected chi connectivity index (χ1v) is 7.19. The van der Waals surface area contributed by atoms with E-state index in [9.17, 15) is 4.79 Å². The highest BCUT2D eigenvalue weighted by Crippen LogP contribution is 2.41. The van der Waals surface area contributed by atoms with Gasteiger partial charge < -0.3 is 5.32 Å². The molecule has 0 spiro atoms. The van der Waals surface area contributed by atoms with Crippen LogP contribution in [0.25, 0.3) is 0 Å². The van der Waals surface area contributed by atoms with Gasteiger partial charge in [0, 0.05) is 16.5 Å². The summed E-state index contributed by atoms with van der Waals surface area (Å²) in [5.41, 5.74) is 1.75. The lowest BCUT2D eigenvalue weighted by atomic mass is 10.1. The van der Waals surface area contributed by atoms with Gasteiger partial charge in [-0.1, -0.05) is 11.8 Å². The summed E-state index contributed by atoms with van der Waals surface area (Å²) in [6, 6.07) is 7.57. The van der Waals surface area contributed by atoms with Gasteiger partial charge in [-0.3, -0.25) is 9.79 Å². The molecular weight excluding hydrogens is 244 g/mol. The summed E-state index contributed by atoms with van der Waals surface area (Å²) in [4.78, 5) is 15.7. The van der Waals surface area contributed by atoms with E-state index in [1.54, 1.807) is 6.92 Å². The molecule has 1 unspecified atom stereocenters. The van der Waals surface area contributed by atoms with Crippen LogP contribution in [0.15, 0.2) is 29.3 Å². The van der Waals surface area contributed by atoms with Crippen LogP contribution in [-0.4, -0.2) is 22.7 Å². The van der Waals surface area contributed by atoms with E-state index < -0.39 is 0 Å². The molecule has 4 heteroatoms. The van der Waals surface area contributed by atoms with Crippen molar-refractivity contribution < 1.29 is 4.79 Å². The van der Waals surface area contributed by atoms with Crippen LogP contribution in [0, 0.1) is 5.92 Å². The third-order valence-corrected chi connectivity index (χ3v) is 4.66. The maximum atomic E-state index is 11.2. The fraction of sp³-hybridized carbons (Fsp3) is 0.429. The van der Waals surface area contributed by atoms with E-state index in [-0.39, 0.29) is 5.78 Å². The van der Waals surface area contributed by atoms with Crippen LogP contribution in [-0.2, 0) is 0 Å². The highest BCUT2D eigenvalue weighted by molar-refractivity contribution is 8.15. The third kappa shape index (κ3) is 2.58. The number of thioether (sulfide) groups is 1. The number of amidine groups is 1. The summed E-state index contributed by atoms with van der Waals surface area (Å²) < 4.78 is 0. The standard InChI is InChI=1S/C14H16N2OS/c1-9(17)10-4-6-12(7-5-10)16-14-15-8-13(18-14)11-2-3-11/h4-7,11,13H,2-3,8H2,1H3,(H,15,16). The second-order valence-corrected chi connectivity index (χ2v) is 6.13. The molecule has 1 fully saturated rings. The number of nitrogens with zero attached hydrogens (tertiary/aromatic N) is 1. The van der Waals surface area contributed by atoms with E-state index in [2.05, 4.69) is 10.3 Å². The van der Waals surface area contributed by atoms with E-state index in [1.807, 2.05) is 36.0 Å². The number of hydrogen-bond donors (Lipinski definition) is 1. The van der Waals surface area contributed by atoms with Gasteiger partial charge in [0.2, 0.25) is 0 Å². The molecule has 1 aromatic rings. The zero-order valence-electron chi connectivity index (χ0n) is 10.3. The number of hydrogen-bond acceptors (Lipinski definition) is 4. The van der Waals surface area contributed by atoms with Gasteiger partial charge in [0.25, 0.3) is 0 Å². The van der Waals surface area contributed by atoms with Gasteiger partial charge in [-0.25, -0.2) is 0 Å². The van der Waals surface area contributed by atoms with Crippen molar-refractivity contribution in [3.8, 4) is 0 Å². The van der Waals surface area contributed by atoms with Crippen molar-refractivity contribution in [2.45, 2.75) is 25.0 Å². The van der Waals surface area contributed by atoms with Crippen LogP contribution in [0.5, 0.6) is 0 Å². The molecule has 0 radical (unpaired) electrons. The van der Waals surface area contributed by atoms with E-state index in [0.29, 0.717) is 5.25 Å². The maximum Gasteiger partial charge on any atom is 0.161 e. The van der Waals surface area contributed by atoms with Crippen LogP contribution in [0.3, 0.4) is 0 Å². The lowest BCUT2D eigenvalue weighted by Gasteiger charge is -2.08. The Morgan fingerprint density at radius 3 is 2.67 bits per heavy atom. The van der Waals surface area contributed by atoms with Crippen LogP contribution in [0.1, 0.15) is 30.1 Å².